The minimum atomic E-state index is -4.70. The number of amides is 4. The number of hydrogen-bond acceptors (Lipinski definition) is 3. The smallest absolute Gasteiger partial charge is 0.361 e. The van der Waals surface area contributed by atoms with Crippen molar-refractivity contribution >= 4 is 46.0 Å². The van der Waals surface area contributed by atoms with Crippen LogP contribution in [0.4, 0.5) is 23.7 Å². The maximum atomic E-state index is 13.0. The molecule has 1 aromatic heterocycles. The molecule has 1 aliphatic rings. The number of nitrogens with zero attached hydrogens (tertiary/aromatic N) is 1. The third kappa shape index (κ3) is 4.26. The molecule has 0 radical (unpaired) electrons. The fourth-order valence-electron chi connectivity index (χ4n) is 3.55. The molecule has 1 fully saturated rings. The molecule has 11 heteroatoms. The molecule has 4 rings (SSSR count). The summed E-state index contributed by atoms with van der Waals surface area (Å²) in [6, 6.07) is 8.76. The van der Waals surface area contributed by atoms with E-state index >= 15 is 0 Å². The van der Waals surface area contributed by atoms with E-state index in [0.717, 1.165) is 27.4 Å². The van der Waals surface area contributed by atoms with Gasteiger partial charge in [0.2, 0.25) is 5.91 Å². The van der Waals surface area contributed by atoms with Crippen LogP contribution in [0.5, 0.6) is 0 Å². The summed E-state index contributed by atoms with van der Waals surface area (Å²) in [6.45, 7) is -0.640. The van der Waals surface area contributed by atoms with Crippen LogP contribution < -0.4 is 10.6 Å². The number of halogens is 4. The van der Waals surface area contributed by atoms with Crippen molar-refractivity contribution in [3.05, 3.63) is 64.8 Å². The van der Waals surface area contributed by atoms with Crippen molar-refractivity contribution in [1.29, 1.82) is 0 Å². The summed E-state index contributed by atoms with van der Waals surface area (Å²) in [7, 11) is 0. The van der Waals surface area contributed by atoms with Crippen LogP contribution in [0.15, 0.2) is 48.7 Å². The number of anilines is 1. The van der Waals surface area contributed by atoms with Gasteiger partial charge in [0.25, 0.3) is 5.91 Å². The summed E-state index contributed by atoms with van der Waals surface area (Å²) in [4.78, 5) is 41.0. The average Bonchev–Trinajstić information content (AvgIpc) is 3.25. The van der Waals surface area contributed by atoms with Gasteiger partial charge >= 0.3 is 12.2 Å². The first kappa shape index (κ1) is 21.7. The van der Waals surface area contributed by atoms with Gasteiger partial charge in [-0.25, -0.2) is 4.79 Å². The molecule has 166 valence electrons. The fourth-order valence-corrected chi connectivity index (χ4v) is 3.77. The first-order valence-corrected chi connectivity index (χ1v) is 9.85. The number of benzene rings is 2. The topological polar surface area (TPSA) is 94.3 Å². The second kappa shape index (κ2) is 8.19. The van der Waals surface area contributed by atoms with E-state index in [1.807, 2.05) is 24.3 Å². The van der Waals surface area contributed by atoms with Gasteiger partial charge in [-0.1, -0.05) is 29.8 Å². The number of H-pyrrole nitrogens is 1. The lowest BCUT2D eigenvalue weighted by Gasteiger charge is -2.14. The van der Waals surface area contributed by atoms with Crippen LogP contribution in [0.1, 0.15) is 11.1 Å². The standard InChI is InChI=1S/C21H16ClF3N4O3/c22-15-6-5-12(8-14(15)21(23,24)25)27-18(30)10-29-19(31)17(28-20(29)32)7-11-9-26-16-4-2-1-3-13(11)16/h1-6,8-9,17,26H,7,10H2,(H,27,30)(H,28,32)/t17-/m1/s1. The third-order valence-corrected chi connectivity index (χ3v) is 5.39. The molecule has 0 unspecified atom stereocenters. The highest BCUT2D eigenvalue weighted by atomic mass is 35.5. The van der Waals surface area contributed by atoms with Gasteiger partial charge in [0.1, 0.15) is 12.6 Å². The lowest BCUT2D eigenvalue weighted by molar-refractivity contribution is -0.137. The highest BCUT2D eigenvalue weighted by Crippen LogP contribution is 2.36. The number of carbonyl (C=O) groups excluding carboxylic acids is 3. The Morgan fingerprint density at radius 3 is 2.66 bits per heavy atom. The van der Waals surface area contributed by atoms with E-state index in [1.54, 1.807) is 6.20 Å². The Morgan fingerprint density at radius 2 is 1.91 bits per heavy atom. The van der Waals surface area contributed by atoms with E-state index in [1.165, 1.54) is 6.07 Å². The van der Waals surface area contributed by atoms with Gasteiger partial charge in [-0.2, -0.15) is 13.2 Å². The molecular formula is C21H16ClF3N4O3. The molecule has 0 saturated carbocycles. The quantitative estimate of drug-likeness (QED) is 0.499. The van der Waals surface area contributed by atoms with E-state index in [-0.39, 0.29) is 12.1 Å². The molecule has 4 amide bonds. The Hall–Kier alpha value is -3.53. The Morgan fingerprint density at radius 1 is 1.16 bits per heavy atom. The Kier molecular flexibility index (Phi) is 5.55. The van der Waals surface area contributed by atoms with Gasteiger partial charge in [-0.15, -0.1) is 0 Å². The summed E-state index contributed by atoms with van der Waals surface area (Å²) in [5.74, 6) is -1.42. The highest BCUT2D eigenvalue weighted by Gasteiger charge is 2.39. The SMILES string of the molecule is O=C(CN1C(=O)N[C@H](Cc2c[nH]c3ccccc23)C1=O)Nc1ccc(Cl)c(C(F)(F)F)c1. The largest absolute Gasteiger partial charge is 0.417 e. The number of hydrogen-bond donors (Lipinski definition) is 3. The second-order valence-electron chi connectivity index (χ2n) is 7.23. The van der Waals surface area contributed by atoms with Crippen LogP contribution in [0, 0.1) is 0 Å². The Balaban J connectivity index is 1.43. The normalized spacial score (nSPS) is 16.5. The van der Waals surface area contributed by atoms with Gasteiger partial charge in [0.05, 0.1) is 10.6 Å². The van der Waals surface area contributed by atoms with Crippen molar-refractivity contribution < 1.29 is 27.6 Å². The molecule has 2 aromatic carbocycles. The van der Waals surface area contributed by atoms with E-state index in [2.05, 4.69) is 15.6 Å². The Labute approximate surface area is 184 Å². The van der Waals surface area contributed by atoms with Gasteiger partial charge in [0, 0.05) is 29.2 Å². The zero-order valence-corrected chi connectivity index (χ0v) is 17.1. The van der Waals surface area contributed by atoms with E-state index in [4.69, 9.17) is 11.6 Å². The number of fused-ring (bicyclic) bond motifs is 1. The van der Waals surface area contributed by atoms with Crippen LogP contribution in [-0.2, 0) is 22.2 Å². The van der Waals surface area contributed by atoms with Crippen LogP contribution in [0.25, 0.3) is 10.9 Å². The predicted octanol–water partition coefficient (Wildman–Crippen LogP) is 3.94. The first-order chi connectivity index (χ1) is 15.1. The van der Waals surface area contributed by atoms with Gasteiger partial charge in [0.15, 0.2) is 0 Å². The van der Waals surface area contributed by atoms with Crippen LogP contribution >= 0.6 is 11.6 Å². The molecule has 32 heavy (non-hydrogen) atoms. The van der Waals surface area contributed by atoms with Crippen molar-refractivity contribution in [3.8, 4) is 0 Å². The van der Waals surface area contributed by atoms with Crippen molar-refractivity contribution in [1.82, 2.24) is 15.2 Å². The Bertz CT molecular complexity index is 1220. The summed E-state index contributed by atoms with van der Waals surface area (Å²) < 4.78 is 39.0. The highest BCUT2D eigenvalue weighted by molar-refractivity contribution is 6.31. The second-order valence-corrected chi connectivity index (χ2v) is 7.64. The van der Waals surface area contributed by atoms with Crippen LogP contribution in [0.3, 0.4) is 0 Å². The number of aromatic nitrogens is 1. The molecule has 1 aliphatic heterocycles. The molecular weight excluding hydrogens is 449 g/mol. The predicted molar refractivity (Wildman–Crippen MR) is 111 cm³/mol. The number of imide groups is 1. The van der Waals surface area contributed by atoms with Crippen molar-refractivity contribution in [2.45, 2.75) is 18.6 Å². The molecule has 1 saturated heterocycles. The third-order valence-electron chi connectivity index (χ3n) is 5.06. The number of nitrogens with one attached hydrogen (secondary N) is 3. The van der Waals surface area contributed by atoms with Crippen LogP contribution in [0.2, 0.25) is 5.02 Å². The molecule has 3 aromatic rings. The lowest BCUT2D eigenvalue weighted by atomic mass is 10.1. The average molecular weight is 465 g/mol. The van der Waals surface area contributed by atoms with E-state index < -0.39 is 47.2 Å². The number of aromatic amines is 1. The van der Waals surface area contributed by atoms with Crippen molar-refractivity contribution in [2.24, 2.45) is 0 Å². The number of carbonyl (C=O) groups is 3. The van der Waals surface area contributed by atoms with Gasteiger partial charge in [-0.3, -0.25) is 14.5 Å². The molecule has 0 spiro atoms. The number of para-hydroxylation sites is 1. The molecule has 0 aliphatic carbocycles. The van der Waals surface area contributed by atoms with Gasteiger partial charge < -0.3 is 15.6 Å². The summed E-state index contributed by atoms with van der Waals surface area (Å²) in [5, 5.41) is 5.20. The summed E-state index contributed by atoms with van der Waals surface area (Å²) in [5.41, 5.74) is 0.447. The minimum absolute atomic E-state index is 0.158. The minimum Gasteiger partial charge on any atom is -0.361 e. The molecule has 1 atom stereocenters. The van der Waals surface area contributed by atoms with E-state index in [0.29, 0.717) is 6.07 Å². The summed E-state index contributed by atoms with van der Waals surface area (Å²) in [6.07, 6.45) is -2.73. The number of urea groups is 1. The number of alkyl halides is 3. The van der Waals surface area contributed by atoms with Crippen LogP contribution in [-0.4, -0.2) is 40.3 Å². The maximum Gasteiger partial charge on any atom is 0.417 e. The zero-order valence-electron chi connectivity index (χ0n) is 16.3. The first-order valence-electron chi connectivity index (χ1n) is 9.47. The molecule has 7 nitrogen and oxygen atoms in total. The molecule has 0 bridgehead atoms. The molecule has 3 N–H and O–H groups in total. The molecule has 2 heterocycles. The van der Waals surface area contributed by atoms with Gasteiger partial charge in [-0.05, 0) is 29.8 Å². The van der Waals surface area contributed by atoms with Crippen molar-refractivity contribution in [3.63, 3.8) is 0 Å². The lowest BCUT2D eigenvalue weighted by Crippen LogP contribution is -2.38. The summed E-state index contributed by atoms with van der Waals surface area (Å²) >= 11 is 5.56. The monoisotopic (exact) mass is 464 g/mol. The van der Waals surface area contributed by atoms with E-state index in [9.17, 15) is 27.6 Å². The fraction of sp³-hybridized carbons (Fsp3) is 0.190. The number of rotatable bonds is 5. The maximum absolute atomic E-state index is 13.0. The zero-order chi connectivity index (χ0) is 23.0. The van der Waals surface area contributed by atoms with Crippen molar-refractivity contribution in [2.75, 3.05) is 11.9 Å².